The molecule has 0 bridgehead atoms. The van der Waals surface area contributed by atoms with Crippen molar-refractivity contribution in [2.75, 3.05) is 36.1 Å². The molecule has 0 unspecified atom stereocenters. The maximum atomic E-state index is 15.4. The normalized spacial score (nSPS) is 13.0. The molecule has 0 radical (unpaired) electrons. The second-order valence-electron chi connectivity index (χ2n) is 10.5. The number of aromatic nitrogens is 2. The van der Waals surface area contributed by atoms with Crippen LogP contribution in [0.4, 0.5) is 31.9 Å². The molecule has 0 atom stereocenters. The number of halogens is 2. The molecule has 1 fully saturated rings. The molecular weight excluding hydrogens is 550 g/mol. The van der Waals surface area contributed by atoms with Crippen LogP contribution in [0.25, 0.3) is 11.1 Å². The lowest BCUT2D eigenvalue weighted by Crippen LogP contribution is -2.29. The predicted octanol–water partition coefficient (Wildman–Crippen LogP) is 6.29. The number of aryl methyl sites for hydroxylation is 2. The topological polar surface area (TPSA) is 108 Å². The zero-order chi connectivity index (χ0) is 31.0. The van der Waals surface area contributed by atoms with E-state index in [0.29, 0.717) is 47.8 Å². The molecule has 1 aromatic heterocycles. The Balaban J connectivity index is 0.00000207. The highest BCUT2D eigenvalue weighted by Gasteiger charge is 2.53. The van der Waals surface area contributed by atoms with Crippen LogP contribution in [0, 0.1) is 25.5 Å². The van der Waals surface area contributed by atoms with Crippen LogP contribution in [0.15, 0.2) is 66.9 Å². The zero-order valence-electron chi connectivity index (χ0n) is 24.6. The number of carbonyl (C=O) groups is 2. The Labute approximate surface area is 250 Å². The summed E-state index contributed by atoms with van der Waals surface area (Å²) in [5, 5.41) is 12.4. The lowest BCUT2D eigenvalue weighted by molar-refractivity contribution is -0.118. The Bertz CT molecular complexity index is 1590. The fourth-order valence-electron chi connectivity index (χ4n) is 4.89. The van der Waals surface area contributed by atoms with Crippen molar-refractivity contribution in [2.45, 2.75) is 38.5 Å². The quantitative estimate of drug-likeness (QED) is 0.153. The monoisotopic (exact) mass is 586 g/mol. The molecule has 8 nitrogen and oxygen atoms in total. The summed E-state index contributed by atoms with van der Waals surface area (Å²) in [6.07, 6.45) is 3.55. The van der Waals surface area contributed by atoms with Crippen LogP contribution in [0.3, 0.4) is 0 Å². The first-order valence-electron chi connectivity index (χ1n) is 14.1. The highest BCUT2D eigenvalue weighted by Crippen LogP contribution is 2.50. The number of nitrogens with one attached hydrogen (secondary N) is 4. The highest BCUT2D eigenvalue weighted by atomic mass is 19.1. The molecule has 1 heterocycles. The van der Waals surface area contributed by atoms with Crippen molar-refractivity contribution in [3.63, 3.8) is 0 Å². The van der Waals surface area contributed by atoms with Gasteiger partial charge in [0.1, 0.15) is 24.2 Å². The van der Waals surface area contributed by atoms with Crippen molar-refractivity contribution in [3.05, 3.63) is 95.2 Å². The van der Waals surface area contributed by atoms with Crippen LogP contribution in [-0.4, -0.2) is 42.8 Å². The Morgan fingerprint density at radius 1 is 0.953 bits per heavy atom. The molecule has 224 valence electrons. The van der Waals surface area contributed by atoms with E-state index >= 15 is 4.39 Å². The summed E-state index contributed by atoms with van der Waals surface area (Å²) >= 11 is 0. The van der Waals surface area contributed by atoms with Gasteiger partial charge in [0.2, 0.25) is 11.9 Å². The first-order chi connectivity index (χ1) is 20.8. The SMILES string of the molecule is C=O.CNCCCNc1nc(Nc2cccc(C)c2)ncc1-c1ccc(NC(=O)C2(c3cc(C)ccc3F)CC2)c(F)c1. The molecule has 3 aromatic carbocycles. The number of amides is 1. The van der Waals surface area contributed by atoms with E-state index in [1.165, 1.54) is 18.2 Å². The molecule has 0 saturated heterocycles. The van der Waals surface area contributed by atoms with Gasteiger partial charge in [-0.25, -0.2) is 13.8 Å². The van der Waals surface area contributed by atoms with E-state index in [1.54, 1.807) is 24.4 Å². The molecule has 1 amide bonds. The average molecular weight is 587 g/mol. The lowest BCUT2D eigenvalue weighted by Gasteiger charge is -2.18. The van der Waals surface area contributed by atoms with E-state index in [4.69, 9.17) is 4.79 Å². The van der Waals surface area contributed by atoms with Crippen LogP contribution in [0.5, 0.6) is 0 Å². The standard InChI is InChI=1S/C32H34F2N6O.CH2O/c1-20-6-4-7-23(16-20)38-31-37-19-24(29(40-31)36-15-5-14-35-3)22-9-11-28(27(34)18-22)39-30(41)32(12-13-32)25-17-21(2)8-10-26(25)33;1-2/h4,6-11,16-19,35H,5,12-15H2,1-3H3,(H,39,41)(H2,36,37,38,40);1H2. The van der Waals surface area contributed by atoms with E-state index in [2.05, 4.69) is 31.2 Å². The van der Waals surface area contributed by atoms with Crippen molar-refractivity contribution in [2.24, 2.45) is 0 Å². The summed E-state index contributed by atoms with van der Waals surface area (Å²) in [7, 11) is 1.89. The maximum Gasteiger partial charge on any atom is 0.235 e. The fraction of sp³-hybridized carbons (Fsp3) is 0.273. The maximum absolute atomic E-state index is 15.4. The van der Waals surface area contributed by atoms with Gasteiger partial charge in [-0.3, -0.25) is 4.79 Å². The van der Waals surface area contributed by atoms with Crippen LogP contribution in [0.2, 0.25) is 0 Å². The van der Waals surface area contributed by atoms with Crippen molar-refractivity contribution in [1.29, 1.82) is 0 Å². The third-order valence-electron chi connectivity index (χ3n) is 7.31. The van der Waals surface area contributed by atoms with Gasteiger partial charge in [0.25, 0.3) is 0 Å². The molecular formula is C33H36F2N6O2. The van der Waals surface area contributed by atoms with Crippen molar-refractivity contribution in [3.8, 4) is 11.1 Å². The number of rotatable bonds is 11. The first-order valence-corrected chi connectivity index (χ1v) is 14.1. The number of hydrogen-bond acceptors (Lipinski definition) is 7. The summed E-state index contributed by atoms with van der Waals surface area (Å²) in [6.45, 7) is 7.35. The van der Waals surface area contributed by atoms with Crippen molar-refractivity contribution in [1.82, 2.24) is 15.3 Å². The van der Waals surface area contributed by atoms with Crippen LogP contribution in [0.1, 0.15) is 36.0 Å². The van der Waals surface area contributed by atoms with Crippen LogP contribution in [-0.2, 0) is 15.0 Å². The second-order valence-corrected chi connectivity index (χ2v) is 10.5. The fourth-order valence-corrected chi connectivity index (χ4v) is 4.89. The summed E-state index contributed by atoms with van der Waals surface area (Å²) in [4.78, 5) is 30.4. The molecule has 5 rings (SSSR count). The van der Waals surface area contributed by atoms with Crippen LogP contribution >= 0.6 is 0 Å². The van der Waals surface area contributed by atoms with Gasteiger partial charge in [-0.15, -0.1) is 0 Å². The van der Waals surface area contributed by atoms with E-state index < -0.39 is 23.0 Å². The molecule has 0 aliphatic heterocycles. The van der Waals surface area contributed by atoms with Gasteiger partial charge >= 0.3 is 0 Å². The summed E-state index contributed by atoms with van der Waals surface area (Å²) in [5.41, 5.74) is 3.46. The number of anilines is 4. The Kier molecular flexibility index (Phi) is 10.2. The minimum atomic E-state index is -0.973. The molecule has 1 aliphatic rings. The van der Waals surface area contributed by atoms with Gasteiger partial charge in [0, 0.05) is 29.6 Å². The number of carbonyl (C=O) groups excluding carboxylic acids is 2. The van der Waals surface area contributed by atoms with Crippen LogP contribution < -0.4 is 21.3 Å². The Morgan fingerprint density at radius 2 is 1.72 bits per heavy atom. The second kappa shape index (κ2) is 14.0. The largest absolute Gasteiger partial charge is 0.369 e. The van der Waals surface area contributed by atoms with Gasteiger partial charge < -0.3 is 26.1 Å². The first kappa shape index (κ1) is 31.2. The zero-order valence-corrected chi connectivity index (χ0v) is 24.6. The van der Waals surface area contributed by atoms with Gasteiger partial charge in [-0.2, -0.15) is 4.98 Å². The van der Waals surface area contributed by atoms with E-state index in [9.17, 15) is 9.18 Å². The number of hydrogen-bond donors (Lipinski definition) is 4. The third-order valence-corrected chi connectivity index (χ3v) is 7.31. The summed E-state index contributed by atoms with van der Waals surface area (Å²) in [6, 6.07) is 17.2. The van der Waals surface area contributed by atoms with Gasteiger partial charge in [0.05, 0.1) is 11.1 Å². The third kappa shape index (κ3) is 7.39. The van der Waals surface area contributed by atoms with Gasteiger partial charge in [-0.1, -0.05) is 35.9 Å². The van der Waals surface area contributed by atoms with Crippen molar-refractivity contribution >= 4 is 35.8 Å². The van der Waals surface area contributed by atoms with E-state index in [1.807, 2.05) is 51.9 Å². The number of nitrogens with zero attached hydrogens (tertiary/aromatic N) is 2. The minimum Gasteiger partial charge on any atom is -0.369 e. The minimum absolute atomic E-state index is 0.0419. The molecule has 43 heavy (non-hydrogen) atoms. The lowest BCUT2D eigenvalue weighted by atomic mass is 9.92. The highest BCUT2D eigenvalue weighted by molar-refractivity contribution is 6.01. The molecule has 0 spiro atoms. The smallest absolute Gasteiger partial charge is 0.235 e. The summed E-state index contributed by atoms with van der Waals surface area (Å²) in [5.74, 6) is -0.448. The number of benzene rings is 3. The molecule has 1 aliphatic carbocycles. The predicted molar refractivity (Wildman–Crippen MR) is 167 cm³/mol. The average Bonchev–Trinajstić information content (AvgIpc) is 3.81. The molecule has 4 N–H and O–H groups in total. The van der Waals surface area contributed by atoms with E-state index in [-0.39, 0.29) is 5.69 Å². The molecule has 4 aromatic rings. The molecule has 1 saturated carbocycles. The van der Waals surface area contributed by atoms with Crippen molar-refractivity contribution < 1.29 is 18.4 Å². The summed E-state index contributed by atoms with van der Waals surface area (Å²) < 4.78 is 30.0. The Hall–Kier alpha value is -4.70. The van der Waals surface area contributed by atoms with Gasteiger partial charge in [-0.05, 0) is 88.2 Å². The van der Waals surface area contributed by atoms with Gasteiger partial charge in [0.15, 0.2) is 0 Å². The Morgan fingerprint density at radius 3 is 2.42 bits per heavy atom. The molecule has 10 heteroatoms. The van der Waals surface area contributed by atoms with E-state index in [0.717, 1.165) is 29.8 Å².